The van der Waals surface area contributed by atoms with Crippen LogP contribution in [0.1, 0.15) is 37.2 Å². The highest BCUT2D eigenvalue weighted by atomic mass is 16.3. The van der Waals surface area contributed by atoms with Crippen LogP contribution < -0.4 is 0 Å². The molecule has 0 atom stereocenters. The molecule has 0 aliphatic carbocycles. The van der Waals surface area contributed by atoms with Crippen LogP contribution in [0.4, 0.5) is 0 Å². The SMILES string of the molecule is CC(C)C1(O)CCN(C(=O)c2[nH]nc3ncccc23)CC1. The number of carbonyl (C=O) groups is 1. The number of piperidine rings is 1. The molecular weight excluding hydrogens is 268 g/mol. The highest BCUT2D eigenvalue weighted by Crippen LogP contribution is 2.30. The maximum Gasteiger partial charge on any atom is 0.272 e. The van der Waals surface area contributed by atoms with Crippen LogP contribution in [0, 0.1) is 5.92 Å². The minimum absolute atomic E-state index is 0.0729. The van der Waals surface area contributed by atoms with E-state index >= 15 is 0 Å². The van der Waals surface area contributed by atoms with E-state index < -0.39 is 5.60 Å². The van der Waals surface area contributed by atoms with Crippen molar-refractivity contribution < 1.29 is 9.90 Å². The predicted molar refractivity (Wildman–Crippen MR) is 78.8 cm³/mol. The lowest BCUT2D eigenvalue weighted by Crippen LogP contribution is -2.49. The summed E-state index contributed by atoms with van der Waals surface area (Å²) in [6.07, 6.45) is 2.88. The van der Waals surface area contributed by atoms with Gasteiger partial charge in [0.25, 0.3) is 5.91 Å². The first-order valence-electron chi connectivity index (χ1n) is 7.32. The van der Waals surface area contributed by atoms with Crippen LogP contribution in [0.2, 0.25) is 0 Å². The van der Waals surface area contributed by atoms with Crippen molar-refractivity contribution in [2.75, 3.05) is 13.1 Å². The quantitative estimate of drug-likeness (QED) is 0.879. The van der Waals surface area contributed by atoms with Gasteiger partial charge in [0.1, 0.15) is 5.69 Å². The van der Waals surface area contributed by atoms with Crippen molar-refractivity contribution in [1.29, 1.82) is 0 Å². The van der Waals surface area contributed by atoms with Gasteiger partial charge in [-0.2, -0.15) is 5.10 Å². The fourth-order valence-corrected chi connectivity index (χ4v) is 2.85. The van der Waals surface area contributed by atoms with E-state index in [-0.39, 0.29) is 11.8 Å². The molecule has 2 aromatic heterocycles. The summed E-state index contributed by atoms with van der Waals surface area (Å²) in [5.41, 5.74) is 0.374. The van der Waals surface area contributed by atoms with Crippen molar-refractivity contribution >= 4 is 16.9 Å². The van der Waals surface area contributed by atoms with Gasteiger partial charge >= 0.3 is 0 Å². The van der Waals surface area contributed by atoms with E-state index in [0.717, 1.165) is 5.39 Å². The Hall–Kier alpha value is -1.95. The molecule has 112 valence electrons. The van der Waals surface area contributed by atoms with E-state index in [2.05, 4.69) is 15.2 Å². The average Bonchev–Trinajstić information content (AvgIpc) is 2.91. The molecule has 2 N–H and O–H groups in total. The number of aliphatic hydroxyl groups is 1. The summed E-state index contributed by atoms with van der Waals surface area (Å²) in [6, 6.07) is 3.63. The van der Waals surface area contributed by atoms with Gasteiger partial charge in [0.05, 0.1) is 11.0 Å². The summed E-state index contributed by atoms with van der Waals surface area (Å²) < 4.78 is 0. The molecule has 6 heteroatoms. The third kappa shape index (κ3) is 2.40. The maximum absolute atomic E-state index is 12.6. The van der Waals surface area contributed by atoms with Crippen molar-refractivity contribution in [3.8, 4) is 0 Å². The average molecular weight is 288 g/mol. The number of aromatic nitrogens is 3. The van der Waals surface area contributed by atoms with Gasteiger partial charge in [-0.25, -0.2) is 4.98 Å². The molecule has 0 saturated carbocycles. The molecule has 2 aromatic rings. The van der Waals surface area contributed by atoms with Gasteiger partial charge in [0.15, 0.2) is 5.65 Å². The van der Waals surface area contributed by atoms with Crippen LogP contribution in [-0.4, -0.2) is 49.8 Å². The zero-order valence-corrected chi connectivity index (χ0v) is 12.3. The number of amides is 1. The lowest BCUT2D eigenvalue weighted by atomic mass is 9.81. The number of aromatic amines is 1. The molecule has 0 spiro atoms. The molecule has 6 nitrogen and oxygen atoms in total. The third-order valence-electron chi connectivity index (χ3n) is 4.53. The monoisotopic (exact) mass is 288 g/mol. The van der Waals surface area contributed by atoms with E-state index in [9.17, 15) is 9.90 Å². The number of hydrogen-bond donors (Lipinski definition) is 2. The first kappa shape index (κ1) is 14.0. The summed E-state index contributed by atoms with van der Waals surface area (Å²) in [7, 11) is 0. The van der Waals surface area contributed by atoms with Crippen molar-refractivity contribution in [2.45, 2.75) is 32.3 Å². The van der Waals surface area contributed by atoms with Crippen molar-refractivity contribution in [1.82, 2.24) is 20.1 Å². The molecule has 0 aromatic carbocycles. The standard InChI is InChI=1S/C15H20N4O2/c1-10(2)15(21)5-8-19(9-6-15)14(20)12-11-4-3-7-16-13(11)18-17-12/h3-4,7,10,21H,5-6,8-9H2,1-2H3,(H,16,17,18). The Labute approximate surface area is 123 Å². The zero-order valence-electron chi connectivity index (χ0n) is 12.3. The highest BCUT2D eigenvalue weighted by Gasteiger charge is 2.37. The number of rotatable bonds is 2. The van der Waals surface area contributed by atoms with Crippen molar-refractivity contribution in [3.05, 3.63) is 24.0 Å². The number of H-pyrrole nitrogens is 1. The van der Waals surface area contributed by atoms with Gasteiger partial charge in [0.2, 0.25) is 0 Å². The molecule has 0 radical (unpaired) electrons. The lowest BCUT2D eigenvalue weighted by Gasteiger charge is -2.40. The fraction of sp³-hybridized carbons (Fsp3) is 0.533. The van der Waals surface area contributed by atoms with E-state index in [1.54, 1.807) is 17.2 Å². The molecule has 3 rings (SSSR count). The number of likely N-dealkylation sites (tertiary alicyclic amines) is 1. The van der Waals surface area contributed by atoms with Crippen LogP contribution in [0.15, 0.2) is 18.3 Å². The number of pyridine rings is 1. The summed E-state index contributed by atoms with van der Waals surface area (Å²) in [5.74, 6) is 0.128. The van der Waals surface area contributed by atoms with Crippen LogP contribution in [0.25, 0.3) is 11.0 Å². The number of carbonyl (C=O) groups excluding carboxylic acids is 1. The van der Waals surface area contributed by atoms with Crippen LogP contribution in [0.5, 0.6) is 0 Å². The smallest absolute Gasteiger partial charge is 0.272 e. The Balaban J connectivity index is 1.78. The number of nitrogens with zero attached hydrogens (tertiary/aromatic N) is 3. The molecular formula is C15H20N4O2. The zero-order chi connectivity index (χ0) is 15.0. The van der Waals surface area contributed by atoms with Gasteiger partial charge in [-0.1, -0.05) is 13.8 Å². The second kappa shape index (κ2) is 5.11. The first-order valence-corrected chi connectivity index (χ1v) is 7.32. The fourth-order valence-electron chi connectivity index (χ4n) is 2.85. The topological polar surface area (TPSA) is 82.1 Å². The summed E-state index contributed by atoms with van der Waals surface area (Å²) >= 11 is 0. The van der Waals surface area contributed by atoms with E-state index in [1.807, 2.05) is 19.9 Å². The lowest BCUT2D eigenvalue weighted by molar-refractivity contribution is -0.0512. The number of hydrogen-bond acceptors (Lipinski definition) is 4. The highest BCUT2D eigenvalue weighted by molar-refractivity contribution is 6.03. The summed E-state index contributed by atoms with van der Waals surface area (Å²) in [4.78, 5) is 18.5. The third-order valence-corrected chi connectivity index (χ3v) is 4.53. The Morgan fingerprint density at radius 1 is 1.43 bits per heavy atom. The molecule has 1 saturated heterocycles. The predicted octanol–water partition coefficient (Wildman–Crippen LogP) is 1.58. The van der Waals surface area contributed by atoms with E-state index in [1.165, 1.54) is 0 Å². The molecule has 1 aliphatic heterocycles. The second-order valence-corrected chi connectivity index (χ2v) is 6.02. The van der Waals surface area contributed by atoms with Gasteiger partial charge in [-0.3, -0.25) is 9.89 Å². The summed E-state index contributed by atoms with van der Waals surface area (Å²) in [5, 5.41) is 18.1. The maximum atomic E-state index is 12.6. The van der Waals surface area contributed by atoms with E-state index in [0.29, 0.717) is 37.3 Å². The van der Waals surface area contributed by atoms with Crippen molar-refractivity contribution in [2.24, 2.45) is 5.92 Å². The molecule has 3 heterocycles. The number of nitrogens with one attached hydrogen (secondary N) is 1. The second-order valence-electron chi connectivity index (χ2n) is 6.02. The first-order chi connectivity index (χ1) is 10.0. The Kier molecular flexibility index (Phi) is 3.41. The molecule has 1 aliphatic rings. The van der Waals surface area contributed by atoms with Crippen LogP contribution in [0.3, 0.4) is 0 Å². The van der Waals surface area contributed by atoms with Crippen molar-refractivity contribution in [3.63, 3.8) is 0 Å². The van der Waals surface area contributed by atoms with E-state index in [4.69, 9.17) is 0 Å². The molecule has 1 fully saturated rings. The van der Waals surface area contributed by atoms with Crippen LogP contribution >= 0.6 is 0 Å². The minimum Gasteiger partial charge on any atom is -0.389 e. The molecule has 21 heavy (non-hydrogen) atoms. The summed E-state index contributed by atoms with van der Waals surface area (Å²) in [6.45, 7) is 5.17. The van der Waals surface area contributed by atoms with Gasteiger partial charge < -0.3 is 10.0 Å². The minimum atomic E-state index is -0.658. The Morgan fingerprint density at radius 3 is 2.81 bits per heavy atom. The van der Waals surface area contributed by atoms with Gasteiger partial charge in [-0.15, -0.1) is 0 Å². The number of fused-ring (bicyclic) bond motifs is 1. The Bertz CT molecular complexity index is 656. The van der Waals surface area contributed by atoms with Gasteiger partial charge in [0, 0.05) is 19.3 Å². The molecule has 1 amide bonds. The van der Waals surface area contributed by atoms with Gasteiger partial charge in [-0.05, 0) is 30.9 Å². The van der Waals surface area contributed by atoms with Crippen LogP contribution in [-0.2, 0) is 0 Å². The largest absolute Gasteiger partial charge is 0.389 e. The molecule has 0 bridgehead atoms. The normalized spacial score (nSPS) is 18.4. The Morgan fingerprint density at radius 2 is 2.14 bits per heavy atom. The molecule has 0 unspecified atom stereocenters.